The summed E-state index contributed by atoms with van der Waals surface area (Å²) in [4.78, 5) is 0. The number of hydrogen-bond donors (Lipinski definition) is 1. The van der Waals surface area contributed by atoms with Crippen LogP contribution in [0.3, 0.4) is 0 Å². The van der Waals surface area contributed by atoms with E-state index in [2.05, 4.69) is 0 Å². The molecule has 0 bridgehead atoms. The Morgan fingerprint density at radius 3 is 2.50 bits per heavy atom. The summed E-state index contributed by atoms with van der Waals surface area (Å²) in [6.07, 6.45) is 3.97. The lowest BCUT2D eigenvalue weighted by atomic mass is 9.87. The smallest absolute Gasteiger partial charge is 0.251 e. The molecule has 0 aromatic heterocycles. The molecule has 2 fully saturated rings. The summed E-state index contributed by atoms with van der Waals surface area (Å²) >= 11 is 0. The maximum absolute atomic E-state index is 12.6. The summed E-state index contributed by atoms with van der Waals surface area (Å²) in [5, 5.41) is 10.2. The van der Waals surface area contributed by atoms with Gasteiger partial charge in [0.1, 0.15) is 0 Å². The molecule has 2 rings (SSSR count). The lowest BCUT2D eigenvalue weighted by Gasteiger charge is -2.27. The molecule has 0 aromatic rings. The molecule has 2 aliphatic rings. The van der Waals surface area contributed by atoms with Gasteiger partial charge >= 0.3 is 0 Å². The van der Waals surface area contributed by atoms with Gasteiger partial charge in [-0.25, -0.2) is 8.78 Å². The average molecular weight is 204 g/mol. The van der Waals surface area contributed by atoms with Crippen LogP contribution in [0.5, 0.6) is 0 Å². The maximum Gasteiger partial charge on any atom is 0.251 e. The molecule has 2 saturated carbocycles. The lowest BCUT2D eigenvalue weighted by molar-refractivity contribution is -0.00582. The average Bonchev–Trinajstić information content (AvgIpc) is 2.57. The first kappa shape index (κ1) is 10.3. The molecule has 0 aromatic carbocycles. The van der Waals surface area contributed by atoms with Crippen LogP contribution in [-0.4, -0.2) is 16.6 Å². The number of rotatable bonds is 3. The van der Waals surface area contributed by atoms with Crippen molar-refractivity contribution in [3.63, 3.8) is 0 Å². The molecule has 0 aliphatic heterocycles. The Hall–Kier alpha value is -0.180. The van der Waals surface area contributed by atoms with Crippen molar-refractivity contribution in [2.45, 2.75) is 57.0 Å². The van der Waals surface area contributed by atoms with Gasteiger partial charge in [0.2, 0.25) is 0 Å². The second-order valence-electron chi connectivity index (χ2n) is 5.10. The van der Waals surface area contributed by atoms with E-state index in [1.807, 2.05) is 6.92 Å². The normalized spacial score (nSPS) is 45.4. The quantitative estimate of drug-likeness (QED) is 0.749. The molecule has 1 N–H and O–H groups in total. The van der Waals surface area contributed by atoms with Gasteiger partial charge in [0.25, 0.3) is 5.92 Å². The van der Waals surface area contributed by atoms with E-state index in [0.29, 0.717) is 12.8 Å². The van der Waals surface area contributed by atoms with Crippen molar-refractivity contribution in [3.8, 4) is 0 Å². The first-order valence-corrected chi connectivity index (χ1v) is 5.54. The van der Waals surface area contributed by atoms with Crippen molar-refractivity contribution in [2.75, 3.05) is 0 Å². The van der Waals surface area contributed by atoms with Crippen LogP contribution in [0.1, 0.15) is 45.4 Å². The van der Waals surface area contributed by atoms with Crippen molar-refractivity contribution < 1.29 is 13.9 Å². The predicted molar refractivity (Wildman–Crippen MR) is 50.3 cm³/mol. The molecule has 3 heteroatoms. The highest BCUT2D eigenvalue weighted by molar-refractivity contribution is 4.98. The van der Waals surface area contributed by atoms with Gasteiger partial charge in [-0.3, -0.25) is 0 Å². The third-order valence-electron chi connectivity index (χ3n) is 4.05. The summed E-state index contributed by atoms with van der Waals surface area (Å²) in [5.41, 5.74) is -0.640. The third-order valence-corrected chi connectivity index (χ3v) is 4.05. The van der Waals surface area contributed by atoms with Crippen LogP contribution in [-0.2, 0) is 0 Å². The van der Waals surface area contributed by atoms with Crippen molar-refractivity contribution in [1.29, 1.82) is 0 Å². The second-order valence-corrected chi connectivity index (χ2v) is 5.10. The van der Waals surface area contributed by atoms with Crippen molar-refractivity contribution in [1.82, 2.24) is 0 Å². The zero-order valence-electron chi connectivity index (χ0n) is 8.60. The van der Waals surface area contributed by atoms with Crippen molar-refractivity contribution >= 4 is 0 Å². The fourth-order valence-electron chi connectivity index (χ4n) is 2.61. The Morgan fingerprint density at radius 1 is 1.43 bits per heavy atom. The minimum absolute atomic E-state index is 0.0391. The van der Waals surface area contributed by atoms with Crippen LogP contribution in [0.25, 0.3) is 0 Å². The van der Waals surface area contributed by atoms with Crippen LogP contribution >= 0.6 is 0 Å². The van der Waals surface area contributed by atoms with Gasteiger partial charge in [-0.15, -0.1) is 0 Å². The first-order valence-electron chi connectivity index (χ1n) is 5.54. The summed E-state index contributed by atoms with van der Waals surface area (Å²) in [7, 11) is 0. The number of hydrogen-bond acceptors (Lipinski definition) is 1. The highest BCUT2D eigenvalue weighted by atomic mass is 19.3. The molecule has 0 spiro atoms. The Balaban J connectivity index is 1.80. The molecule has 2 aliphatic carbocycles. The van der Waals surface area contributed by atoms with Crippen LogP contribution in [0.4, 0.5) is 8.78 Å². The SMILES string of the molecule is CC1CCCC1(O)CCC1CC1(F)F. The van der Waals surface area contributed by atoms with Gasteiger partial charge < -0.3 is 5.11 Å². The van der Waals surface area contributed by atoms with Gasteiger partial charge in [0, 0.05) is 12.3 Å². The first-order chi connectivity index (χ1) is 6.44. The molecule has 0 amide bonds. The van der Waals surface area contributed by atoms with E-state index < -0.39 is 17.4 Å². The monoisotopic (exact) mass is 204 g/mol. The minimum Gasteiger partial charge on any atom is -0.390 e. The standard InChI is InChI=1S/C11H18F2O/c1-8-3-2-5-10(8,14)6-4-9-7-11(9,12)13/h8-9,14H,2-7H2,1H3. The number of aliphatic hydroxyl groups is 1. The summed E-state index contributed by atoms with van der Waals surface area (Å²) in [5.74, 6) is -2.58. The van der Waals surface area contributed by atoms with Crippen LogP contribution in [0, 0.1) is 11.8 Å². The van der Waals surface area contributed by atoms with E-state index in [1.165, 1.54) is 0 Å². The second kappa shape index (κ2) is 3.16. The Morgan fingerprint density at radius 2 is 2.07 bits per heavy atom. The molecule has 3 atom stereocenters. The minimum atomic E-state index is -2.42. The Bertz CT molecular complexity index is 229. The van der Waals surface area contributed by atoms with Gasteiger partial charge in [-0.1, -0.05) is 13.3 Å². The zero-order chi connectivity index (χ0) is 10.4. The largest absolute Gasteiger partial charge is 0.390 e. The van der Waals surface area contributed by atoms with Crippen LogP contribution in [0.15, 0.2) is 0 Å². The Kier molecular flexibility index (Phi) is 2.33. The van der Waals surface area contributed by atoms with Gasteiger partial charge in [0.15, 0.2) is 0 Å². The summed E-state index contributed by atoms with van der Waals surface area (Å²) in [6, 6.07) is 0. The fraction of sp³-hybridized carbons (Fsp3) is 1.00. The molecular weight excluding hydrogens is 186 g/mol. The molecule has 1 nitrogen and oxygen atoms in total. The van der Waals surface area contributed by atoms with E-state index in [4.69, 9.17) is 0 Å². The highest BCUT2D eigenvalue weighted by Gasteiger charge is 2.56. The van der Waals surface area contributed by atoms with E-state index >= 15 is 0 Å². The van der Waals surface area contributed by atoms with Crippen molar-refractivity contribution in [2.24, 2.45) is 11.8 Å². The van der Waals surface area contributed by atoms with Gasteiger partial charge in [0.05, 0.1) is 5.60 Å². The molecule has 0 radical (unpaired) electrons. The van der Waals surface area contributed by atoms with Gasteiger partial charge in [-0.05, 0) is 31.6 Å². The molecule has 0 heterocycles. The molecule has 14 heavy (non-hydrogen) atoms. The summed E-state index contributed by atoms with van der Waals surface area (Å²) < 4.78 is 25.2. The lowest BCUT2D eigenvalue weighted by Crippen LogP contribution is -2.31. The van der Waals surface area contributed by atoms with E-state index in [0.717, 1.165) is 19.3 Å². The van der Waals surface area contributed by atoms with Crippen LogP contribution in [0.2, 0.25) is 0 Å². The number of halogens is 2. The van der Waals surface area contributed by atoms with E-state index in [1.54, 1.807) is 0 Å². The fourth-order valence-corrected chi connectivity index (χ4v) is 2.61. The molecule has 82 valence electrons. The molecule has 0 saturated heterocycles. The maximum atomic E-state index is 12.6. The van der Waals surface area contributed by atoms with E-state index in [9.17, 15) is 13.9 Å². The highest BCUT2D eigenvalue weighted by Crippen LogP contribution is 2.53. The molecular formula is C11H18F2O. The number of alkyl halides is 2. The third kappa shape index (κ3) is 1.79. The molecule has 3 unspecified atom stereocenters. The topological polar surface area (TPSA) is 20.2 Å². The predicted octanol–water partition coefficient (Wildman–Crippen LogP) is 2.97. The van der Waals surface area contributed by atoms with Crippen LogP contribution < -0.4 is 0 Å². The summed E-state index contributed by atoms with van der Waals surface area (Å²) in [6.45, 7) is 2.03. The van der Waals surface area contributed by atoms with E-state index in [-0.39, 0.29) is 12.3 Å². The van der Waals surface area contributed by atoms with Crippen molar-refractivity contribution in [3.05, 3.63) is 0 Å². The van der Waals surface area contributed by atoms with Gasteiger partial charge in [-0.2, -0.15) is 0 Å². The zero-order valence-corrected chi connectivity index (χ0v) is 8.60. The Labute approximate surface area is 83.5 Å².